The summed E-state index contributed by atoms with van der Waals surface area (Å²) in [6.07, 6.45) is 7.44. The molecule has 0 spiro atoms. The van der Waals surface area contributed by atoms with Crippen LogP contribution in [0.3, 0.4) is 0 Å². The molecular formula is C19H21NO4. The quantitative estimate of drug-likeness (QED) is 0.364. The Morgan fingerprint density at radius 3 is 2.17 bits per heavy atom. The standard InChI is InChI=1S/C19H21NO4/c21-18(11-3-7-16(8-4-11)20(22)23)24-19-14-5-1-12(9-14)17(19)13-2-6-15(19)10-13/h3-4,7-8,12-15,17H,1-2,5-6,9-10H2/t12-,13-,14-,15-,17?,19?/m1/s1. The molecule has 0 saturated heterocycles. The van der Waals surface area contributed by atoms with E-state index in [1.54, 1.807) is 0 Å². The molecule has 5 rings (SSSR count). The Labute approximate surface area is 140 Å². The molecule has 4 aliphatic rings. The van der Waals surface area contributed by atoms with Crippen molar-refractivity contribution in [2.75, 3.05) is 0 Å². The summed E-state index contributed by atoms with van der Waals surface area (Å²) in [5.74, 6) is 2.83. The van der Waals surface area contributed by atoms with Crippen molar-refractivity contribution in [3.8, 4) is 0 Å². The van der Waals surface area contributed by atoms with E-state index in [0.717, 1.165) is 11.8 Å². The number of hydrogen-bond donors (Lipinski definition) is 0. The largest absolute Gasteiger partial charge is 0.455 e. The molecule has 4 atom stereocenters. The Hall–Kier alpha value is -1.91. The lowest BCUT2D eigenvalue weighted by atomic mass is 9.67. The second-order valence-electron chi connectivity index (χ2n) is 8.11. The maximum absolute atomic E-state index is 12.8. The number of ether oxygens (including phenoxy) is 1. The van der Waals surface area contributed by atoms with Gasteiger partial charge in [-0.3, -0.25) is 10.1 Å². The van der Waals surface area contributed by atoms with Crippen molar-refractivity contribution in [1.82, 2.24) is 0 Å². The van der Waals surface area contributed by atoms with Crippen LogP contribution in [0.15, 0.2) is 24.3 Å². The molecule has 4 bridgehead atoms. The van der Waals surface area contributed by atoms with Crippen LogP contribution in [0.25, 0.3) is 0 Å². The smallest absolute Gasteiger partial charge is 0.338 e. The molecule has 126 valence electrons. The Bertz CT molecular complexity index is 691. The Morgan fingerprint density at radius 2 is 1.62 bits per heavy atom. The maximum atomic E-state index is 12.8. The van der Waals surface area contributed by atoms with E-state index < -0.39 is 4.92 Å². The third-order valence-electron chi connectivity index (χ3n) is 7.34. The first-order chi connectivity index (χ1) is 11.6. The van der Waals surface area contributed by atoms with Gasteiger partial charge in [0.15, 0.2) is 0 Å². The van der Waals surface area contributed by atoms with Crippen LogP contribution >= 0.6 is 0 Å². The minimum atomic E-state index is -0.449. The first kappa shape index (κ1) is 14.4. The lowest BCUT2D eigenvalue weighted by Crippen LogP contribution is -2.51. The van der Waals surface area contributed by atoms with Gasteiger partial charge in [-0.05, 0) is 74.3 Å². The first-order valence-corrected chi connectivity index (χ1v) is 9.07. The number of nitro benzene ring substituents is 1. The molecule has 0 unspecified atom stereocenters. The average molecular weight is 327 g/mol. The van der Waals surface area contributed by atoms with Crippen molar-refractivity contribution in [3.63, 3.8) is 0 Å². The van der Waals surface area contributed by atoms with Gasteiger partial charge in [0.25, 0.3) is 5.69 Å². The molecule has 0 radical (unpaired) electrons. The fourth-order valence-electron chi connectivity index (χ4n) is 6.68. The van der Waals surface area contributed by atoms with Gasteiger partial charge in [-0.2, -0.15) is 0 Å². The third-order valence-corrected chi connectivity index (χ3v) is 7.34. The number of carbonyl (C=O) groups excluding carboxylic acids is 1. The number of esters is 1. The summed E-state index contributed by atoms with van der Waals surface area (Å²) >= 11 is 0. The molecule has 4 aliphatic carbocycles. The summed E-state index contributed by atoms with van der Waals surface area (Å²) in [6, 6.07) is 5.81. The van der Waals surface area contributed by atoms with E-state index in [4.69, 9.17) is 4.74 Å². The van der Waals surface area contributed by atoms with Crippen molar-refractivity contribution in [2.45, 2.75) is 44.1 Å². The van der Waals surface area contributed by atoms with E-state index in [-0.39, 0.29) is 17.3 Å². The second kappa shape index (κ2) is 4.80. The number of hydrogen-bond acceptors (Lipinski definition) is 4. The molecule has 0 aliphatic heterocycles. The number of nitro groups is 1. The molecule has 0 heterocycles. The summed E-state index contributed by atoms with van der Waals surface area (Å²) in [7, 11) is 0. The highest BCUT2D eigenvalue weighted by Gasteiger charge is 2.71. The zero-order valence-corrected chi connectivity index (χ0v) is 13.5. The van der Waals surface area contributed by atoms with Gasteiger partial charge < -0.3 is 4.74 Å². The fraction of sp³-hybridized carbons (Fsp3) is 0.632. The zero-order valence-electron chi connectivity index (χ0n) is 13.5. The predicted octanol–water partition coefficient (Wildman–Crippen LogP) is 3.97. The average Bonchev–Trinajstić information content (AvgIpc) is 3.34. The van der Waals surface area contributed by atoms with Crippen molar-refractivity contribution < 1.29 is 14.5 Å². The molecular weight excluding hydrogens is 306 g/mol. The SMILES string of the molecule is O=C(OC12C([C@@H]3CC[C@@H]1C3)[C@@H]1CC[C@@H]2C1)c1ccc([N+](=O)[O-])cc1. The molecule has 4 fully saturated rings. The van der Waals surface area contributed by atoms with Gasteiger partial charge in [0.1, 0.15) is 5.60 Å². The summed E-state index contributed by atoms with van der Waals surface area (Å²) in [6.45, 7) is 0. The number of benzene rings is 1. The Kier molecular flexibility index (Phi) is 2.89. The van der Waals surface area contributed by atoms with Gasteiger partial charge in [-0.1, -0.05) is 0 Å². The highest BCUT2D eigenvalue weighted by atomic mass is 16.6. The molecule has 5 nitrogen and oxygen atoms in total. The predicted molar refractivity (Wildman–Crippen MR) is 86.4 cm³/mol. The number of rotatable bonds is 3. The first-order valence-electron chi connectivity index (χ1n) is 9.07. The minimum Gasteiger partial charge on any atom is -0.455 e. The summed E-state index contributed by atoms with van der Waals surface area (Å²) in [5.41, 5.74) is 0.201. The maximum Gasteiger partial charge on any atom is 0.338 e. The van der Waals surface area contributed by atoms with Crippen LogP contribution in [0.4, 0.5) is 5.69 Å². The summed E-state index contributed by atoms with van der Waals surface area (Å²) in [5, 5.41) is 10.8. The second-order valence-corrected chi connectivity index (χ2v) is 8.11. The van der Waals surface area contributed by atoms with Crippen LogP contribution in [0.5, 0.6) is 0 Å². The molecule has 0 aromatic heterocycles. The van der Waals surface area contributed by atoms with Gasteiger partial charge in [0.2, 0.25) is 0 Å². The lowest BCUT2D eigenvalue weighted by Gasteiger charge is -2.46. The van der Waals surface area contributed by atoms with E-state index in [0.29, 0.717) is 23.3 Å². The number of fused-ring (bicyclic) bond motifs is 9. The van der Waals surface area contributed by atoms with Crippen molar-refractivity contribution in [2.24, 2.45) is 29.6 Å². The van der Waals surface area contributed by atoms with E-state index in [1.165, 1.54) is 62.8 Å². The van der Waals surface area contributed by atoms with Crippen LogP contribution < -0.4 is 0 Å². The number of nitrogens with zero attached hydrogens (tertiary/aromatic N) is 1. The van der Waals surface area contributed by atoms with Crippen LogP contribution in [0.1, 0.15) is 48.9 Å². The highest BCUT2D eigenvalue weighted by Crippen LogP contribution is 2.71. The topological polar surface area (TPSA) is 69.4 Å². The van der Waals surface area contributed by atoms with E-state index in [9.17, 15) is 14.9 Å². The van der Waals surface area contributed by atoms with Gasteiger partial charge in [-0.25, -0.2) is 4.79 Å². The zero-order chi connectivity index (χ0) is 16.5. The minimum absolute atomic E-state index is 0.00226. The summed E-state index contributed by atoms with van der Waals surface area (Å²) in [4.78, 5) is 23.1. The van der Waals surface area contributed by atoms with E-state index >= 15 is 0 Å². The highest BCUT2D eigenvalue weighted by molar-refractivity contribution is 5.90. The number of carbonyl (C=O) groups is 1. The van der Waals surface area contributed by atoms with Crippen molar-refractivity contribution in [1.29, 1.82) is 0 Å². The van der Waals surface area contributed by atoms with Gasteiger partial charge in [-0.15, -0.1) is 0 Å². The molecule has 5 heteroatoms. The number of non-ortho nitro benzene ring substituents is 1. The normalized spacial score (nSPS) is 41.4. The van der Waals surface area contributed by atoms with E-state index in [2.05, 4.69) is 0 Å². The van der Waals surface area contributed by atoms with Crippen LogP contribution in [0.2, 0.25) is 0 Å². The van der Waals surface area contributed by atoms with Crippen LogP contribution in [-0.4, -0.2) is 16.5 Å². The molecule has 24 heavy (non-hydrogen) atoms. The van der Waals surface area contributed by atoms with Crippen molar-refractivity contribution in [3.05, 3.63) is 39.9 Å². The van der Waals surface area contributed by atoms with Crippen molar-refractivity contribution >= 4 is 11.7 Å². The van der Waals surface area contributed by atoms with Gasteiger partial charge in [0, 0.05) is 18.1 Å². The molecule has 1 aromatic carbocycles. The lowest BCUT2D eigenvalue weighted by molar-refractivity contribution is -0.384. The monoisotopic (exact) mass is 327 g/mol. The molecule has 4 saturated carbocycles. The fourth-order valence-corrected chi connectivity index (χ4v) is 6.68. The Balaban J connectivity index is 1.44. The van der Waals surface area contributed by atoms with E-state index in [1.807, 2.05) is 0 Å². The van der Waals surface area contributed by atoms with Crippen LogP contribution in [-0.2, 0) is 4.74 Å². The van der Waals surface area contributed by atoms with Gasteiger partial charge in [0.05, 0.1) is 10.5 Å². The summed E-state index contributed by atoms with van der Waals surface area (Å²) < 4.78 is 6.27. The molecule has 1 aromatic rings. The van der Waals surface area contributed by atoms with Crippen LogP contribution in [0, 0.1) is 39.7 Å². The van der Waals surface area contributed by atoms with Gasteiger partial charge >= 0.3 is 5.97 Å². The molecule has 0 N–H and O–H groups in total. The third kappa shape index (κ3) is 1.73. The molecule has 0 amide bonds. The Morgan fingerprint density at radius 1 is 1.04 bits per heavy atom.